The minimum atomic E-state index is 0.198. The van der Waals surface area contributed by atoms with Crippen molar-refractivity contribution in [2.45, 2.75) is 38.8 Å². The first kappa shape index (κ1) is 10.6. The Labute approximate surface area is 102 Å². The van der Waals surface area contributed by atoms with Gasteiger partial charge in [-0.15, -0.1) is 0 Å². The predicted octanol–water partition coefficient (Wildman–Crippen LogP) is 2.41. The molecule has 3 heteroatoms. The number of nitrogen functional groups attached to an aromatic ring is 1. The van der Waals surface area contributed by atoms with Crippen molar-refractivity contribution in [2.75, 3.05) is 5.73 Å². The van der Waals surface area contributed by atoms with Crippen molar-refractivity contribution in [3.63, 3.8) is 0 Å². The summed E-state index contributed by atoms with van der Waals surface area (Å²) in [6.07, 6.45) is 3.64. The van der Waals surface area contributed by atoms with Gasteiger partial charge in [-0.3, -0.25) is 4.79 Å². The number of carbonyl (C=O) groups is 1. The van der Waals surface area contributed by atoms with Crippen LogP contribution in [0.15, 0.2) is 18.2 Å². The van der Waals surface area contributed by atoms with Gasteiger partial charge in [0.1, 0.15) is 0 Å². The molecule has 0 bridgehead atoms. The molecule has 3 rings (SSSR count). The van der Waals surface area contributed by atoms with Crippen LogP contribution in [0.1, 0.15) is 42.1 Å². The summed E-state index contributed by atoms with van der Waals surface area (Å²) in [6, 6.07) is 6.10. The number of hydrogen-bond acceptors (Lipinski definition) is 2. The van der Waals surface area contributed by atoms with Crippen molar-refractivity contribution in [3.8, 4) is 0 Å². The number of amides is 1. The van der Waals surface area contributed by atoms with Crippen molar-refractivity contribution in [1.82, 2.24) is 4.90 Å². The monoisotopic (exact) mass is 230 g/mol. The first-order valence-corrected chi connectivity index (χ1v) is 6.40. The first-order chi connectivity index (χ1) is 8.20. The molecule has 0 aromatic heterocycles. The fourth-order valence-electron chi connectivity index (χ4n) is 2.93. The third-order valence-electron chi connectivity index (χ3n) is 3.91. The Morgan fingerprint density at radius 3 is 3.06 bits per heavy atom. The number of fused-ring (bicyclic) bond motifs is 1. The number of benzene rings is 1. The van der Waals surface area contributed by atoms with E-state index in [0.29, 0.717) is 6.04 Å². The molecule has 2 atom stereocenters. The summed E-state index contributed by atoms with van der Waals surface area (Å²) in [5.74, 6) is 0.930. The van der Waals surface area contributed by atoms with E-state index in [1.54, 1.807) is 0 Å². The summed E-state index contributed by atoms with van der Waals surface area (Å²) >= 11 is 0. The van der Waals surface area contributed by atoms with Gasteiger partial charge >= 0.3 is 0 Å². The van der Waals surface area contributed by atoms with Gasteiger partial charge in [-0.1, -0.05) is 13.3 Å². The van der Waals surface area contributed by atoms with Crippen LogP contribution in [-0.4, -0.2) is 16.8 Å². The molecule has 17 heavy (non-hydrogen) atoms. The van der Waals surface area contributed by atoms with Gasteiger partial charge < -0.3 is 10.6 Å². The molecule has 2 unspecified atom stereocenters. The van der Waals surface area contributed by atoms with Crippen molar-refractivity contribution < 1.29 is 4.79 Å². The summed E-state index contributed by atoms with van der Waals surface area (Å²) in [6.45, 7) is 2.96. The topological polar surface area (TPSA) is 46.3 Å². The van der Waals surface area contributed by atoms with Gasteiger partial charge in [-0.2, -0.15) is 0 Å². The van der Waals surface area contributed by atoms with Crippen LogP contribution < -0.4 is 5.73 Å². The Balaban J connectivity index is 1.78. The number of nitrogens with zero attached hydrogens (tertiary/aromatic N) is 1. The van der Waals surface area contributed by atoms with E-state index in [0.717, 1.165) is 29.3 Å². The maximum absolute atomic E-state index is 12.2. The zero-order chi connectivity index (χ0) is 12.0. The minimum Gasteiger partial charge on any atom is -0.399 e. The lowest BCUT2D eigenvalue weighted by atomic mass is 10.1. The molecule has 1 aromatic carbocycles. The largest absolute Gasteiger partial charge is 0.399 e. The van der Waals surface area contributed by atoms with Crippen LogP contribution in [0.25, 0.3) is 0 Å². The molecule has 1 aromatic rings. The standard InChI is InChI=1S/C14H18N2O/c1-2-3-9-7-13(9)16-8-10-6-11(15)4-5-12(10)14(16)17/h4-6,9,13H,2-3,7-8,15H2,1H3. The second kappa shape index (κ2) is 3.76. The van der Waals surface area contributed by atoms with Gasteiger partial charge in [-0.05, 0) is 42.5 Å². The van der Waals surface area contributed by atoms with Crippen molar-refractivity contribution >= 4 is 11.6 Å². The highest BCUT2D eigenvalue weighted by atomic mass is 16.2. The van der Waals surface area contributed by atoms with E-state index in [4.69, 9.17) is 5.73 Å². The van der Waals surface area contributed by atoms with E-state index in [-0.39, 0.29) is 5.91 Å². The van der Waals surface area contributed by atoms with Crippen molar-refractivity contribution in [2.24, 2.45) is 5.92 Å². The molecule has 0 saturated heterocycles. The molecule has 2 aliphatic rings. The maximum Gasteiger partial charge on any atom is 0.254 e. The summed E-state index contributed by atoms with van der Waals surface area (Å²) in [5, 5.41) is 0. The summed E-state index contributed by atoms with van der Waals surface area (Å²) in [4.78, 5) is 14.3. The van der Waals surface area contributed by atoms with Gasteiger partial charge in [0.25, 0.3) is 5.91 Å². The molecule has 1 aliphatic heterocycles. The van der Waals surface area contributed by atoms with E-state index in [1.807, 2.05) is 23.1 Å². The molecule has 90 valence electrons. The molecule has 1 aliphatic carbocycles. The summed E-state index contributed by atoms with van der Waals surface area (Å²) in [5.41, 5.74) is 8.45. The second-order valence-corrected chi connectivity index (χ2v) is 5.20. The van der Waals surface area contributed by atoms with Crippen molar-refractivity contribution in [1.29, 1.82) is 0 Å². The Morgan fingerprint density at radius 1 is 1.47 bits per heavy atom. The summed E-state index contributed by atoms with van der Waals surface area (Å²) < 4.78 is 0. The molecule has 2 N–H and O–H groups in total. The lowest BCUT2D eigenvalue weighted by molar-refractivity contribution is 0.0757. The number of rotatable bonds is 3. The highest BCUT2D eigenvalue weighted by Gasteiger charge is 2.45. The van der Waals surface area contributed by atoms with E-state index in [2.05, 4.69) is 6.92 Å². The molecule has 1 heterocycles. The third-order valence-corrected chi connectivity index (χ3v) is 3.91. The van der Waals surface area contributed by atoms with Gasteiger partial charge in [-0.25, -0.2) is 0 Å². The minimum absolute atomic E-state index is 0.198. The van der Waals surface area contributed by atoms with Crippen LogP contribution in [0.4, 0.5) is 5.69 Å². The molecular weight excluding hydrogens is 212 g/mol. The number of carbonyl (C=O) groups excluding carboxylic acids is 1. The van der Waals surface area contributed by atoms with Crippen LogP contribution in [-0.2, 0) is 6.54 Å². The van der Waals surface area contributed by atoms with Crippen LogP contribution >= 0.6 is 0 Å². The highest BCUT2D eigenvalue weighted by Crippen LogP contribution is 2.43. The van der Waals surface area contributed by atoms with Crippen LogP contribution in [0, 0.1) is 5.92 Å². The molecule has 1 amide bonds. The maximum atomic E-state index is 12.2. The highest BCUT2D eigenvalue weighted by molar-refractivity contribution is 5.99. The van der Waals surface area contributed by atoms with Crippen LogP contribution in [0.3, 0.4) is 0 Å². The average Bonchev–Trinajstić information content (AvgIpc) is 2.98. The van der Waals surface area contributed by atoms with E-state index in [9.17, 15) is 4.79 Å². The van der Waals surface area contributed by atoms with Gasteiger partial charge in [0.05, 0.1) is 0 Å². The number of anilines is 1. The fraction of sp³-hybridized carbons (Fsp3) is 0.500. The third kappa shape index (κ3) is 1.70. The fourth-order valence-corrected chi connectivity index (χ4v) is 2.93. The Morgan fingerprint density at radius 2 is 2.29 bits per heavy atom. The zero-order valence-corrected chi connectivity index (χ0v) is 10.1. The molecule has 0 radical (unpaired) electrons. The normalized spacial score (nSPS) is 26.2. The van der Waals surface area contributed by atoms with Gasteiger partial charge in [0.2, 0.25) is 0 Å². The number of hydrogen-bond donors (Lipinski definition) is 1. The SMILES string of the molecule is CCCC1CC1N1Cc2cc(N)ccc2C1=O. The molecular formula is C14H18N2O. The second-order valence-electron chi connectivity index (χ2n) is 5.20. The van der Waals surface area contributed by atoms with Gasteiger partial charge in [0, 0.05) is 23.8 Å². The quantitative estimate of drug-likeness (QED) is 0.810. The number of nitrogens with two attached hydrogens (primary N) is 1. The Kier molecular flexibility index (Phi) is 2.35. The zero-order valence-electron chi connectivity index (χ0n) is 10.1. The van der Waals surface area contributed by atoms with Crippen LogP contribution in [0.2, 0.25) is 0 Å². The van der Waals surface area contributed by atoms with E-state index in [1.165, 1.54) is 19.3 Å². The summed E-state index contributed by atoms with van der Waals surface area (Å²) in [7, 11) is 0. The Hall–Kier alpha value is -1.51. The van der Waals surface area contributed by atoms with Crippen LogP contribution in [0.5, 0.6) is 0 Å². The molecule has 1 fully saturated rings. The van der Waals surface area contributed by atoms with Gasteiger partial charge in [0.15, 0.2) is 0 Å². The Bertz CT molecular complexity index is 469. The van der Waals surface area contributed by atoms with E-state index >= 15 is 0 Å². The average molecular weight is 230 g/mol. The lowest BCUT2D eigenvalue weighted by Gasteiger charge is -2.15. The van der Waals surface area contributed by atoms with Crippen molar-refractivity contribution in [3.05, 3.63) is 29.3 Å². The molecule has 0 spiro atoms. The lowest BCUT2D eigenvalue weighted by Crippen LogP contribution is -2.27. The molecule has 1 saturated carbocycles. The smallest absolute Gasteiger partial charge is 0.254 e. The predicted molar refractivity (Wildman–Crippen MR) is 67.5 cm³/mol. The molecule has 3 nitrogen and oxygen atoms in total. The first-order valence-electron chi connectivity index (χ1n) is 6.40. The van der Waals surface area contributed by atoms with E-state index < -0.39 is 0 Å².